The number of hydrogen-bond donors (Lipinski definition) is 1. The molecule has 0 aliphatic heterocycles. The Bertz CT molecular complexity index is 1400. The average molecular weight is 500 g/mol. The van der Waals surface area contributed by atoms with Gasteiger partial charge in [0.2, 0.25) is 0 Å². The molecule has 3 rings (SSSR count). The molecule has 11 nitrogen and oxygen atoms in total. The number of carbonyl (C=O) groups is 2. The van der Waals surface area contributed by atoms with Crippen molar-refractivity contribution in [2.24, 2.45) is 0 Å². The summed E-state index contributed by atoms with van der Waals surface area (Å²) in [6.45, 7) is 1.82. The van der Waals surface area contributed by atoms with Crippen LogP contribution in [-0.2, 0) is 19.5 Å². The van der Waals surface area contributed by atoms with Gasteiger partial charge in [-0.3, -0.25) is 14.8 Å². The van der Waals surface area contributed by atoms with Crippen LogP contribution in [0.3, 0.4) is 0 Å². The van der Waals surface area contributed by atoms with Crippen LogP contribution in [0.25, 0.3) is 0 Å². The van der Waals surface area contributed by atoms with Crippen LogP contribution < -0.4 is 9.46 Å². The number of anilines is 1. The summed E-state index contributed by atoms with van der Waals surface area (Å²) >= 11 is 0. The van der Waals surface area contributed by atoms with E-state index < -0.39 is 32.6 Å². The molecule has 0 spiro atoms. The highest BCUT2D eigenvalue weighted by Crippen LogP contribution is 2.31. The maximum atomic E-state index is 12.8. The van der Waals surface area contributed by atoms with Gasteiger partial charge in [0.1, 0.15) is 17.1 Å². The molecule has 182 valence electrons. The van der Waals surface area contributed by atoms with Crippen molar-refractivity contribution in [2.75, 3.05) is 18.9 Å². The predicted octanol–water partition coefficient (Wildman–Crippen LogP) is 4.07. The van der Waals surface area contributed by atoms with Crippen LogP contribution in [-0.4, -0.2) is 39.5 Å². The Morgan fingerprint density at radius 2 is 1.40 bits per heavy atom. The molecule has 0 heterocycles. The van der Waals surface area contributed by atoms with Crippen molar-refractivity contribution in [2.45, 2.75) is 11.8 Å². The lowest BCUT2D eigenvalue weighted by molar-refractivity contribution is -0.385. The summed E-state index contributed by atoms with van der Waals surface area (Å²) in [5.41, 5.74) is -0.118. The molecule has 0 amide bonds. The first kappa shape index (κ1) is 25.2. The number of nitro benzene ring substituents is 1. The summed E-state index contributed by atoms with van der Waals surface area (Å²) in [5, 5.41) is 11.2. The third kappa shape index (κ3) is 5.73. The van der Waals surface area contributed by atoms with Crippen molar-refractivity contribution in [3.05, 3.63) is 87.5 Å². The lowest BCUT2D eigenvalue weighted by Gasteiger charge is -2.14. The first-order chi connectivity index (χ1) is 16.6. The van der Waals surface area contributed by atoms with Crippen molar-refractivity contribution >= 4 is 33.3 Å². The SMILES string of the molecule is COC(=O)c1cc(Oc2ccc([N+](=O)[O-])c(C(=O)OC)c2)ccc1NS(=O)(=O)c1ccc(C)cc1. The summed E-state index contributed by atoms with van der Waals surface area (Å²) < 4.78 is 42.9. The number of nitro groups is 1. The average Bonchev–Trinajstić information content (AvgIpc) is 2.83. The summed E-state index contributed by atoms with van der Waals surface area (Å²) in [5.74, 6) is -1.65. The van der Waals surface area contributed by atoms with Crippen LogP contribution in [0.4, 0.5) is 11.4 Å². The zero-order valence-electron chi connectivity index (χ0n) is 18.8. The number of aryl methyl sites for hydroxylation is 1. The van der Waals surface area contributed by atoms with E-state index in [1.807, 2.05) is 6.92 Å². The van der Waals surface area contributed by atoms with Gasteiger partial charge in [0.25, 0.3) is 15.7 Å². The number of ether oxygens (including phenoxy) is 3. The highest BCUT2D eigenvalue weighted by Gasteiger charge is 2.23. The highest BCUT2D eigenvalue weighted by molar-refractivity contribution is 7.92. The van der Waals surface area contributed by atoms with Crippen molar-refractivity contribution < 1.29 is 37.1 Å². The number of sulfonamides is 1. The fraction of sp³-hybridized carbons (Fsp3) is 0.130. The smallest absolute Gasteiger partial charge is 0.345 e. The lowest BCUT2D eigenvalue weighted by Crippen LogP contribution is -2.16. The Morgan fingerprint density at radius 1 is 0.857 bits per heavy atom. The second-order valence-corrected chi connectivity index (χ2v) is 8.83. The van der Waals surface area contributed by atoms with Gasteiger partial charge in [-0.25, -0.2) is 18.0 Å². The number of nitrogens with zero attached hydrogens (tertiary/aromatic N) is 1. The second-order valence-electron chi connectivity index (χ2n) is 7.15. The van der Waals surface area contributed by atoms with Crippen molar-refractivity contribution in [3.8, 4) is 11.5 Å². The lowest BCUT2D eigenvalue weighted by atomic mass is 10.1. The summed E-state index contributed by atoms with van der Waals surface area (Å²) in [6, 6.07) is 13.5. The normalized spacial score (nSPS) is 10.8. The fourth-order valence-electron chi connectivity index (χ4n) is 3.02. The highest BCUT2D eigenvalue weighted by atomic mass is 32.2. The van der Waals surface area contributed by atoms with Crippen LogP contribution >= 0.6 is 0 Å². The Morgan fingerprint density at radius 3 is 1.97 bits per heavy atom. The largest absolute Gasteiger partial charge is 0.465 e. The standard InChI is InChI=1S/C23H20N2O9S/c1-14-4-8-17(9-5-14)35(30,31)24-20-10-6-15(12-18(20)22(26)32-2)34-16-7-11-21(25(28)29)19(13-16)23(27)33-3/h4-13,24H,1-3H3. The molecule has 0 radical (unpaired) electrons. The minimum absolute atomic E-state index is 0.000428. The van der Waals surface area contributed by atoms with Gasteiger partial charge in [-0.2, -0.15) is 0 Å². The number of nitrogens with one attached hydrogen (secondary N) is 1. The van der Waals surface area contributed by atoms with E-state index in [1.165, 1.54) is 36.4 Å². The third-order valence-electron chi connectivity index (χ3n) is 4.78. The predicted molar refractivity (Wildman–Crippen MR) is 124 cm³/mol. The van der Waals surface area contributed by atoms with E-state index in [9.17, 15) is 28.1 Å². The maximum absolute atomic E-state index is 12.8. The van der Waals surface area contributed by atoms with Gasteiger partial charge in [-0.1, -0.05) is 17.7 Å². The monoisotopic (exact) mass is 500 g/mol. The molecule has 0 aromatic heterocycles. The van der Waals surface area contributed by atoms with E-state index >= 15 is 0 Å². The van der Waals surface area contributed by atoms with Gasteiger partial charge in [0.15, 0.2) is 0 Å². The van der Waals surface area contributed by atoms with Gasteiger partial charge >= 0.3 is 11.9 Å². The van der Waals surface area contributed by atoms with Crippen molar-refractivity contribution in [1.82, 2.24) is 0 Å². The van der Waals surface area contributed by atoms with Crippen LogP contribution in [0.5, 0.6) is 11.5 Å². The Kier molecular flexibility index (Phi) is 7.35. The summed E-state index contributed by atoms with van der Waals surface area (Å²) in [6.07, 6.45) is 0. The molecule has 0 fully saturated rings. The van der Waals surface area contributed by atoms with Crippen LogP contribution in [0.2, 0.25) is 0 Å². The number of benzene rings is 3. The Hall–Kier alpha value is -4.45. The van der Waals surface area contributed by atoms with Gasteiger partial charge in [0, 0.05) is 12.1 Å². The molecule has 1 N–H and O–H groups in total. The second kappa shape index (κ2) is 10.2. The molecule has 3 aromatic carbocycles. The molecule has 0 aliphatic rings. The first-order valence-electron chi connectivity index (χ1n) is 9.92. The number of hydrogen-bond acceptors (Lipinski definition) is 9. The molecule has 0 saturated heterocycles. The van der Waals surface area contributed by atoms with Crippen molar-refractivity contribution in [1.29, 1.82) is 0 Å². The topological polar surface area (TPSA) is 151 Å². The Balaban J connectivity index is 1.96. The number of methoxy groups -OCH3 is 2. The zero-order chi connectivity index (χ0) is 25.8. The zero-order valence-corrected chi connectivity index (χ0v) is 19.6. The van der Waals surface area contributed by atoms with E-state index in [0.29, 0.717) is 0 Å². The molecule has 0 aliphatic carbocycles. The van der Waals surface area contributed by atoms with Crippen LogP contribution in [0.1, 0.15) is 26.3 Å². The number of rotatable bonds is 8. The Labute approximate surface area is 200 Å². The quantitative estimate of drug-likeness (QED) is 0.274. The third-order valence-corrected chi connectivity index (χ3v) is 6.16. The number of esters is 2. The molecule has 3 aromatic rings. The van der Waals surface area contributed by atoms with Crippen LogP contribution in [0.15, 0.2) is 65.6 Å². The van der Waals surface area contributed by atoms with E-state index in [-0.39, 0.29) is 33.2 Å². The molecule has 0 unspecified atom stereocenters. The summed E-state index contributed by atoms with van der Waals surface area (Å²) in [4.78, 5) is 34.7. The van der Waals surface area contributed by atoms with E-state index in [0.717, 1.165) is 31.9 Å². The minimum Gasteiger partial charge on any atom is -0.465 e. The van der Waals surface area contributed by atoms with E-state index in [2.05, 4.69) is 9.46 Å². The molecule has 0 atom stereocenters. The molecule has 0 saturated carbocycles. The number of carbonyl (C=O) groups excluding carboxylic acids is 2. The maximum Gasteiger partial charge on any atom is 0.345 e. The van der Waals surface area contributed by atoms with Gasteiger partial charge < -0.3 is 14.2 Å². The van der Waals surface area contributed by atoms with Crippen LogP contribution in [0, 0.1) is 17.0 Å². The van der Waals surface area contributed by atoms with Gasteiger partial charge in [-0.15, -0.1) is 0 Å². The summed E-state index contributed by atoms with van der Waals surface area (Å²) in [7, 11) is -1.80. The van der Waals surface area contributed by atoms with E-state index in [1.54, 1.807) is 12.1 Å². The first-order valence-corrected chi connectivity index (χ1v) is 11.4. The minimum atomic E-state index is -4.01. The molecule has 0 bridgehead atoms. The fourth-order valence-corrected chi connectivity index (χ4v) is 4.10. The van der Waals surface area contributed by atoms with Gasteiger partial charge in [-0.05, 0) is 43.3 Å². The van der Waals surface area contributed by atoms with Gasteiger partial charge in [0.05, 0.1) is 35.3 Å². The molecule has 12 heteroatoms. The van der Waals surface area contributed by atoms with Crippen molar-refractivity contribution in [3.63, 3.8) is 0 Å². The molecular weight excluding hydrogens is 480 g/mol. The molecule has 35 heavy (non-hydrogen) atoms. The van der Waals surface area contributed by atoms with E-state index in [4.69, 9.17) is 9.47 Å². The molecular formula is C23H20N2O9S.